The zero-order chi connectivity index (χ0) is 16.4. The van der Waals surface area contributed by atoms with Gasteiger partial charge in [0.25, 0.3) is 0 Å². The number of hydrogen-bond acceptors (Lipinski definition) is 4. The summed E-state index contributed by atoms with van der Waals surface area (Å²) < 4.78 is 7.44. The van der Waals surface area contributed by atoms with Gasteiger partial charge in [-0.2, -0.15) is 0 Å². The van der Waals surface area contributed by atoms with Crippen LogP contribution in [-0.2, 0) is 10.3 Å². The number of hydrogen-bond donors (Lipinski definition) is 1. The van der Waals surface area contributed by atoms with Gasteiger partial charge in [0.05, 0.1) is 18.8 Å². The van der Waals surface area contributed by atoms with Crippen LogP contribution in [-0.4, -0.2) is 52.0 Å². The maximum Gasteiger partial charge on any atom is 0.324 e. The fraction of sp³-hybridized carbons (Fsp3) is 0.812. The number of carbonyl (C=O) groups excluding carboxylic acids is 1. The summed E-state index contributed by atoms with van der Waals surface area (Å²) in [4.78, 5) is 18.5. The monoisotopic (exact) mass is 321 g/mol. The van der Waals surface area contributed by atoms with E-state index in [-0.39, 0.29) is 11.6 Å². The van der Waals surface area contributed by atoms with Gasteiger partial charge < -0.3 is 9.64 Å². The number of nitrogens with one attached hydrogen (secondary N) is 1. The lowest BCUT2D eigenvalue weighted by Crippen LogP contribution is -2.41. The van der Waals surface area contributed by atoms with Crippen molar-refractivity contribution >= 4 is 12.0 Å². The number of rotatable bonds is 2. The summed E-state index contributed by atoms with van der Waals surface area (Å²) in [5.41, 5.74) is -0.151. The van der Waals surface area contributed by atoms with E-state index >= 15 is 0 Å². The van der Waals surface area contributed by atoms with Gasteiger partial charge >= 0.3 is 6.03 Å². The van der Waals surface area contributed by atoms with Gasteiger partial charge in [-0.3, -0.25) is 5.32 Å². The number of aromatic nitrogens is 3. The fourth-order valence-electron chi connectivity index (χ4n) is 3.04. The minimum absolute atomic E-state index is 0.133. The van der Waals surface area contributed by atoms with Crippen LogP contribution in [0.4, 0.5) is 10.7 Å². The zero-order valence-electron chi connectivity index (χ0n) is 14.3. The van der Waals surface area contributed by atoms with Crippen molar-refractivity contribution < 1.29 is 9.53 Å². The van der Waals surface area contributed by atoms with Crippen LogP contribution in [0.15, 0.2) is 6.33 Å². The van der Waals surface area contributed by atoms with Gasteiger partial charge in [-0.25, -0.2) is 14.5 Å². The third-order valence-electron chi connectivity index (χ3n) is 4.79. The van der Waals surface area contributed by atoms with Crippen LogP contribution in [0.3, 0.4) is 0 Å². The van der Waals surface area contributed by atoms with Gasteiger partial charge in [-0.15, -0.1) is 5.10 Å². The number of anilines is 1. The van der Waals surface area contributed by atoms with Gasteiger partial charge in [0, 0.05) is 19.0 Å². The Labute approximate surface area is 137 Å². The van der Waals surface area contributed by atoms with Gasteiger partial charge in [-0.1, -0.05) is 19.3 Å². The number of urea groups is 1. The number of ether oxygens (including phenoxy) is 1. The molecule has 2 aliphatic rings. The summed E-state index contributed by atoms with van der Waals surface area (Å²) >= 11 is 0. The Morgan fingerprint density at radius 2 is 2.13 bits per heavy atom. The average molecular weight is 321 g/mol. The molecule has 2 heterocycles. The van der Waals surface area contributed by atoms with E-state index in [2.05, 4.69) is 15.4 Å². The molecule has 2 fully saturated rings. The molecule has 1 aromatic rings. The third-order valence-corrected chi connectivity index (χ3v) is 4.79. The van der Waals surface area contributed by atoms with Crippen molar-refractivity contribution in [2.45, 2.75) is 45.6 Å². The molecular weight excluding hydrogens is 294 g/mol. The molecule has 1 aliphatic heterocycles. The van der Waals surface area contributed by atoms with E-state index in [4.69, 9.17) is 4.74 Å². The second kappa shape index (κ2) is 6.47. The van der Waals surface area contributed by atoms with E-state index in [0.29, 0.717) is 30.9 Å². The lowest BCUT2D eigenvalue weighted by atomic mass is 9.76. The van der Waals surface area contributed by atoms with E-state index in [1.807, 2.05) is 25.7 Å². The van der Waals surface area contributed by atoms with E-state index < -0.39 is 0 Å². The van der Waals surface area contributed by atoms with Gasteiger partial charge in [0.2, 0.25) is 5.95 Å². The molecule has 23 heavy (non-hydrogen) atoms. The first-order chi connectivity index (χ1) is 10.9. The molecule has 1 aliphatic carbocycles. The smallest absolute Gasteiger partial charge is 0.324 e. The van der Waals surface area contributed by atoms with Crippen molar-refractivity contribution in [3.05, 3.63) is 6.33 Å². The Morgan fingerprint density at radius 1 is 1.35 bits per heavy atom. The Hall–Kier alpha value is -1.63. The van der Waals surface area contributed by atoms with Crippen molar-refractivity contribution in [1.82, 2.24) is 19.7 Å². The van der Waals surface area contributed by atoms with Crippen molar-refractivity contribution in [2.75, 3.05) is 31.6 Å². The van der Waals surface area contributed by atoms with Gasteiger partial charge in [0.15, 0.2) is 0 Å². The molecule has 1 N–H and O–H groups in total. The van der Waals surface area contributed by atoms with Crippen LogP contribution in [0.5, 0.6) is 0 Å². The highest BCUT2D eigenvalue weighted by atomic mass is 16.5. The minimum atomic E-state index is -0.151. The SMILES string of the molecule is CC(C)(C)n1cnc(NC(=O)N2CCOCC(C3CCC3)C2)n1. The molecule has 0 bridgehead atoms. The molecule has 1 saturated heterocycles. The molecule has 0 radical (unpaired) electrons. The maximum absolute atomic E-state index is 12.5. The van der Waals surface area contributed by atoms with Crippen molar-refractivity contribution in [3.63, 3.8) is 0 Å². The molecule has 0 aromatic carbocycles. The molecule has 1 saturated carbocycles. The lowest BCUT2D eigenvalue weighted by molar-refractivity contribution is 0.0776. The topological polar surface area (TPSA) is 72.3 Å². The van der Waals surface area contributed by atoms with Crippen LogP contribution in [0, 0.1) is 11.8 Å². The summed E-state index contributed by atoms with van der Waals surface area (Å²) in [5.74, 6) is 1.52. The molecule has 1 aromatic heterocycles. The fourth-order valence-corrected chi connectivity index (χ4v) is 3.04. The first-order valence-electron chi connectivity index (χ1n) is 8.49. The molecule has 7 heteroatoms. The van der Waals surface area contributed by atoms with Crippen LogP contribution in [0.2, 0.25) is 0 Å². The Balaban J connectivity index is 1.61. The molecular formula is C16H27N5O2. The average Bonchev–Trinajstić information content (AvgIpc) is 2.75. The highest BCUT2D eigenvalue weighted by molar-refractivity contribution is 5.87. The van der Waals surface area contributed by atoms with Gasteiger partial charge in [0.1, 0.15) is 6.33 Å². The third kappa shape index (κ3) is 3.83. The predicted molar refractivity (Wildman–Crippen MR) is 87.3 cm³/mol. The molecule has 0 spiro atoms. The van der Waals surface area contributed by atoms with E-state index in [9.17, 15) is 4.79 Å². The van der Waals surface area contributed by atoms with Crippen LogP contribution >= 0.6 is 0 Å². The van der Waals surface area contributed by atoms with Gasteiger partial charge in [-0.05, 0) is 26.7 Å². The van der Waals surface area contributed by atoms with E-state index in [0.717, 1.165) is 13.2 Å². The van der Waals surface area contributed by atoms with E-state index in [1.54, 1.807) is 11.0 Å². The summed E-state index contributed by atoms with van der Waals surface area (Å²) in [5, 5.41) is 7.15. The highest BCUT2D eigenvalue weighted by Crippen LogP contribution is 2.34. The summed E-state index contributed by atoms with van der Waals surface area (Å²) in [6, 6.07) is -0.133. The second-order valence-electron chi connectivity index (χ2n) is 7.59. The molecule has 1 unspecified atom stereocenters. The van der Waals surface area contributed by atoms with Crippen LogP contribution < -0.4 is 5.32 Å². The second-order valence-corrected chi connectivity index (χ2v) is 7.59. The lowest BCUT2D eigenvalue weighted by Gasteiger charge is -2.34. The Morgan fingerprint density at radius 3 is 2.74 bits per heavy atom. The molecule has 128 valence electrons. The summed E-state index contributed by atoms with van der Waals surface area (Å²) in [7, 11) is 0. The van der Waals surface area contributed by atoms with E-state index in [1.165, 1.54) is 19.3 Å². The number of amides is 2. The normalized spacial score (nSPS) is 23.3. The standard InChI is InChI=1S/C16H27N5O2/c1-16(2,3)21-11-17-14(19-21)18-15(22)20-7-8-23-10-13(9-20)12-5-4-6-12/h11-13H,4-10H2,1-3H3,(H,18,19,22). The quantitative estimate of drug-likeness (QED) is 0.907. The first-order valence-corrected chi connectivity index (χ1v) is 8.49. The van der Waals surface area contributed by atoms with Crippen molar-refractivity contribution in [3.8, 4) is 0 Å². The number of carbonyl (C=O) groups is 1. The molecule has 2 amide bonds. The predicted octanol–water partition coefficient (Wildman–Crippen LogP) is 2.31. The highest BCUT2D eigenvalue weighted by Gasteiger charge is 2.32. The molecule has 3 rings (SSSR count). The van der Waals surface area contributed by atoms with Crippen molar-refractivity contribution in [2.24, 2.45) is 11.8 Å². The first kappa shape index (κ1) is 16.2. The van der Waals surface area contributed by atoms with Crippen molar-refractivity contribution in [1.29, 1.82) is 0 Å². The summed E-state index contributed by atoms with van der Waals surface area (Å²) in [6.07, 6.45) is 5.49. The molecule has 7 nitrogen and oxygen atoms in total. The minimum Gasteiger partial charge on any atom is -0.379 e. The number of nitrogens with zero attached hydrogens (tertiary/aromatic N) is 4. The zero-order valence-corrected chi connectivity index (χ0v) is 14.3. The Kier molecular flexibility index (Phi) is 4.57. The van der Waals surface area contributed by atoms with Crippen LogP contribution in [0.25, 0.3) is 0 Å². The largest absolute Gasteiger partial charge is 0.379 e. The Bertz CT molecular complexity index is 547. The maximum atomic E-state index is 12.5. The van der Waals surface area contributed by atoms with Crippen LogP contribution in [0.1, 0.15) is 40.0 Å². The molecule has 1 atom stereocenters. The summed E-state index contributed by atoms with van der Waals surface area (Å²) in [6.45, 7) is 8.88.